The van der Waals surface area contributed by atoms with Crippen LogP contribution < -0.4 is 14.4 Å². The summed E-state index contributed by atoms with van der Waals surface area (Å²) < 4.78 is 10.7. The Bertz CT molecular complexity index is 1120. The molecule has 1 aromatic heterocycles. The number of carbonyl (C=O) groups is 1. The van der Waals surface area contributed by atoms with Gasteiger partial charge in [0.1, 0.15) is 0 Å². The van der Waals surface area contributed by atoms with Crippen LogP contribution in [0.1, 0.15) is 10.4 Å². The van der Waals surface area contributed by atoms with E-state index in [2.05, 4.69) is 15.1 Å². The molecule has 0 N–H and O–H groups in total. The van der Waals surface area contributed by atoms with Gasteiger partial charge in [0.25, 0.3) is 5.91 Å². The summed E-state index contributed by atoms with van der Waals surface area (Å²) in [6.45, 7) is 2.42. The number of nitrogens with zero attached hydrogens (tertiary/aromatic N) is 4. The third kappa shape index (κ3) is 4.45. The summed E-state index contributed by atoms with van der Waals surface area (Å²) in [5, 5.41) is 9.79. The van der Waals surface area contributed by atoms with Crippen LogP contribution in [0.5, 0.6) is 11.5 Å². The van der Waals surface area contributed by atoms with Gasteiger partial charge in [0, 0.05) is 36.8 Å². The second kappa shape index (κ2) is 9.63. The maximum atomic E-state index is 13.1. The fourth-order valence-corrected chi connectivity index (χ4v) is 4.20. The minimum Gasteiger partial charge on any atom is -0.493 e. The molecule has 3 aromatic rings. The van der Waals surface area contributed by atoms with Crippen molar-refractivity contribution in [3.05, 3.63) is 64.1 Å². The Morgan fingerprint density at radius 3 is 2.34 bits per heavy atom. The van der Waals surface area contributed by atoms with Gasteiger partial charge >= 0.3 is 0 Å². The van der Waals surface area contributed by atoms with Gasteiger partial charge in [0.15, 0.2) is 17.3 Å². The number of carbonyl (C=O) groups excluding carboxylic acids is 1. The Morgan fingerprint density at radius 1 is 0.938 bits per heavy atom. The number of anilines is 1. The summed E-state index contributed by atoms with van der Waals surface area (Å²) in [6, 6.07) is 14.4. The minimum absolute atomic E-state index is 0.0841. The number of para-hydroxylation sites is 1. The first-order valence-corrected chi connectivity index (χ1v) is 10.8. The van der Waals surface area contributed by atoms with Crippen LogP contribution in [0.25, 0.3) is 11.3 Å². The molecule has 32 heavy (non-hydrogen) atoms. The molecule has 0 bridgehead atoms. The van der Waals surface area contributed by atoms with Crippen molar-refractivity contribution < 1.29 is 14.3 Å². The van der Waals surface area contributed by atoms with E-state index in [-0.39, 0.29) is 5.91 Å². The predicted molar refractivity (Wildman–Crippen MR) is 125 cm³/mol. The highest BCUT2D eigenvalue weighted by atomic mass is 35.5. The molecule has 7 nitrogen and oxygen atoms in total. The van der Waals surface area contributed by atoms with Gasteiger partial charge in [-0.05, 0) is 42.5 Å². The lowest BCUT2D eigenvalue weighted by Crippen LogP contribution is -2.49. The van der Waals surface area contributed by atoms with E-state index < -0.39 is 0 Å². The van der Waals surface area contributed by atoms with Crippen molar-refractivity contribution in [2.45, 2.75) is 0 Å². The number of piperazine rings is 1. The Labute approximate surface area is 196 Å². The highest BCUT2D eigenvalue weighted by Crippen LogP contribution is 2.32. The van der Waals surface area contributed by atoms with Gasteiger partial charge in [0.2, 0.25) is 0 Å². The summed E-state index contributed by atoms with van der Waals surface area (Å²) in [7, 11) is 3.09. The van der Waals surface area contributed by atoms with Gasteiger partial charge in [-0.1, -0.05) is 29.3 Å². The van der Waals surface area contributed by atoms with Crippen LogP contribution >= 0.6 is 23.2 Å². The number of amides is 1. The zero-order chi connectivity index (χ0) is 22.7. The maximum Gasteiger partial charge on any atom is 0.257 e. The van der Waals surface area contributed by atoms with E-state index >= 15 is 0 Å². The number of methoxy groups -OCH3 is 2. The molecule has 0 aliphatic carbocycles. The molecule has 1 aliphatic heterocycles. The van der Waals surface area contributed by atoms with Crippen LogP contribution in [0, 0.1) is 0 Å². The molecule has 9 heteroatoms. The zero-order valence-electron chi connectivity index (χ0n) is 17.7. The predicted octanol–water partition coefficient (Wildman–Crippen LogP) is 4.43. The quantitative estimate of drug-likeness (QED) is 0.546. The lowest BCUT2D eigenvalue weighted by Gasteiger charge is -2.35. The number of halogens is 2. The Hall–Kier alpha value is -3.03. The summed E-state index contributed by atoms with van der Waals surface area (Å²) >= 11 is 12.2. The van der Waals surface area contributed by atoms with E-state index in [1.54, 1.807) is 37.4 Å². The number of ether oxygens (including phenoxy) is 2. The van der Waals surface area contributed by atoms with Gasteiger partial charge in [-0.15, -0.1) is 10.2 Å². The van der Waals surface area contributed by atoms with E-state index in [0.717, 1.165) is 11.4 Å². The first-order valence-electron chi connectivity index (χ1n) is 10.1. The van der Waals surface area contributed by atoms with Crippen molar-refractivity contribution in [2.24, 2.45) is 0 Å². The van der Waals surface area contributed by atoms with Crippen LogP contribution in [0.15, 0.2) is 48.5 Å². The molecule has 1 saturated heterocycles. The maximum absolute atomic E-state index is 13.1. The molecule has 0 spiro atoms. The normalized spacial score (nSPS) is 13.8. The molecule has 2 heterocycles. The van der Waals surface area contributed by atoms with Crippen molar-refractivity contribution in [2.75, 3.05) is 45.3 Å². The molecule has 166 valence electrons. The van der Waals surface area contributed by atoms with E-state index in [0.29, 0.717) is 59.0 Å². The van der Waals surface area contributed by atoms with E-state index in [9.17, 15) is 4.79 Å². The molecular formula is C23H22Cl2N4O3. The summed E-state index contributed by atoms with van der Waals surface area (Å²) in [6.07, 6.45) is 0. The number of aromatic nitrogens is 2. The van der Waals surface area contributed by atoms with Crippen molar-refractivity contribution in [3.8, 4) is 22.8 Å². The standard InChI is InChI=1S/C23H22Cl2N4O3/c1-31-20-5-3-4-17(22(20)32-2)23(30)29-12-10-28(11-13-29)21-9-8-19(26-27-21)16-7-6-15(24)14-18(16)25/h3-9,14H,10-13H2,1-2H3. The largest absolute Gasteiger partial charge is 0.493 e. The fourth-order valence-electron chi connectivity index (χ4n) is 3.70. The Kier molecular flexibility index (Phi) is 6.67. The van der Waals surface area contributed by atoms with E-state index in [1.165, 1.54) is 7.11 Å². The molecule has 0 unspecified atom stereocenters. The molecule has 1 fully saturated rings. The van der Waals surface area contributed by atoms with Crippen LogP contribution in [-0.2, 0) is 0 Å². The first-order chi connectivity index (χ1) is 15.5. The smallest absolute Gasteiger partial charge is 0.257 e. The molecule has 0 atom stereocenters. The first kappa shape index (κ1) is 22.2. The van der Waals surface area contributed by atoms with Crippen LogP contribution in [0.4, 0.5) is 5.82 Å². The van der Waals surface area contributed by atoms with Gasteiger partial charge in [-0.2, -0.15) is 0 Å². The van der Waals surface area contributed by atoms with Gasteiger partial charge in [0.05, 0.1) is 30.5 Å². The van der Waals surface area contributed by atoms with Gasteiger partial charge in [-0.3, -0.25) is 4.79 Å². The van der Waals surface area contributed by atoms with Crippen LogP contribution in [0.2, 0.25) is 10.0 Å². The average molecular weight is 473 g/mol. The molecular weight excluding hydrogens is 451 g/mol. The highest BCUT2D eigenvalue weighted by molar-refractivity contribution is 6.36. The summed E-state index contributed by atoms with van der Waals surface area (Å²) in [5.74, 6) is 1.65. The van der Waals surface area contributed by atoms with E-state index in [4.69, 9.17) is 32.7 Å². The Balaban J connectivity index is 1.43. The lowest BCUT2D eigenvalue weighted by atomic mass is 10.1. The molecule has 0 saturated carbocycles. The van der Waals surface area contributed by atoms with Gasteiger partial charge < -0.3 is 19.3 Å². The third-order valence-corrected chi connectivity index (χ3v) is 5.93. The van der Waals surface area contributed by atoms with Crippen molar-refractivity contribution in [1.82, 2.24) is 15.1 Å². The lowest BCUT2D eigenvalue weighted by molar-refractivity contribution is 0.0742. The Morgan fingerprint density at radius 2 is 1.72 bits per heavy atom. The second-order valence-electron chi connectivity index (χ2n) is 7.22. The average Bonchev–Trinajstić information content (AvgIpc) is 2.83. The van der Waals surface area contributed by atoms with Crippen LogP contribution in [-0.4, -0.2) is 61.4 Å². The molecule has 1 aliphatic rings. The van der Waals surface area contributed by atoms with Crippen molar-refractivity contribution >= 4 is 34.9 Å². The summed E-state index contributed by atoms with van der Waals surface area (Å²) in [5.41, 5.74) is 1.94. The number of hydrogen-bond donors (Lipinski definition) is 0. The monoisotopic (exact) mass is 472 g/mol. The summed E-state index contributed by atoms with van der Waals surface area (Å²) in [4.78, 5) is 17.0. The second-order valence-corrected chi connectivity index (χ2v) is 8.06. The zero-order valence-corrected chi connectivity index (χ0v) is 19.2. The molecule has 2 aromatic carbocycles. The number of hydrogen-bond acceptors (Lipinski definition) is 6. The molecule has 0 radical (unpaired) electrons. The highest BCUT2D eigenvalue weighted by Gasteiger charge is 2.26. The molecule has 4 rings (SSSR count). The van der Waals surface area contributed by atoms with E-state index in [1.807, 2.05) is 23.1 Å². The van der Waals surface area contributed by atoms with Gasteiger partial charge in [-0.25, -0.2) is 0 Å². The fraction of sp³-hybridized carbons (Fsp3) is 0.261. The molecule has 1 amide bonds. The van der Waals surface area contributed by atoms with Crippen molar-refractivity contribution in [3.63, 3.8) is 0 Å². The third-order valence-electron chi connectivity index (χ3n) is 5.38. The number of benzene rings is 2. The SMILES string of the molecule is COc1cccc(C(=O)N2CCN(c3ccc(-c4ccc(Cl)cc4Cl)nn3)CC2)c1OC. The topological polar surface area (TPSA) is 67.8 Å². The van der Waals surface area contributed by atoms with Crippen LogP contribution in [0.3, 0.4) is 0 Å². The van der Waals surface area contributed by atoms with Crippen molar-refractivity contribution in [1.29, 1.82) is 0 Å². The minimum atomic E-state index is -0.0841. The number of rotatable bonds is 5.